The van der Waals surface area contributed by atoms with Gasteiger partial charge in [0.05, 0.1) is 0 Å². The van der Waals surface area contributed by atoms with Crippen molar-refractivity contribution in [2.45, 2.75) is 0 Å². The van der Waals surface area contributed by atoms with Crippen LogP contribution in [0.3, 0.4) is 0 Å². The number of rotatable bonds is 1. The van der Waals surface area contributed by atoms with Crippen LogP contribution in [0.4, 0.5) is 4.39 Å². The van der Waals surface area contributed by atoms with E-state index >= 15 is 0 Å². The van der Waals surface area contributed by atoms with Gasteiger partial charge in [0.25, 0.3) is 5.56 Å². The molecule has 2 aromatic heterocycles. The van der Waals surface area contributed by atoms with E-state index in [2.05, 4.69) is 0 Å². The number of carboxylic acid groups (broad SMARTS) is 1. The van der Waals surface area contributed by atoms with Gasteiger partial charge in [0.2, 0.25) is 0 Å². The van der Waals surface area contributed by atoms with Crippen LogP contribution in [0.2, 0.25) is 0 Å². The summed E-state index contributed by atoms with van der Waals surface area (Å²) in [6.07, 6.45) is 0.962. The van der Waals surface area contributed by atoms with E-state index in [9.17, 15) is 14.0 Å². The molecular weight excluding hydrogens is 201 g/mol. The van der Waals surface area contributed by atoms with Gasteiger partial charge in [-0.15, -0.1) is 0 Å². The van der Waals surface area contributed by atoms with E-state index in [0.717, 1.165) is 10.6 Å². The van der Waals surface area contributed by atoms with Gasteiger partial charge in [-0.3, -0.25) is 9.20 Å². The fourth-order valence-electron chi connectivity index (χ4n) is 1.33. The lowest BCUT2D eigenvalue weighted by Crippen LogP contribution is -2.21. The van der Waals surface area contributed by atoms with Gasteiger partial charge >= 0.3 is 5.97 Å². The number of fused-ring (bicyclic) bond motifs is 1. The maximum Gasteiger partial charge on any atom is 0.341 e. The van der Waals surface area contributed by atoms with Gasteiger partial charge in [-0.1, -0.05) is 0 Å². The normalized spacial score (nSPS) is 10.5. The highest BCUT2D eigenvalue weighted by molar-refractivity contribution is 5.87. The second-order valence-corrected chi connectivity index (χ2v) is 3.00. The Labute approximate surface area is 83.2 Å². The van der Waals surface area contributed by atoms with Crippen molar-refractivity contribution in [2.24, 2.45) is 0 Å². The van der Waals surface area contributed by atoms with Crippen LogP contribution in [0.15, 0.2) is 35.3 Å². The summed E-state index contributed by atoms with van der Waals surface area (Å²) in [4.78, 5) is 22.2. The smallest absolute Gasteiger partial charge is 0.341 e. The molecule has 5 heteroatoms. The first-order valence-electron chi connectivity index (χ1n) is 4.14. The average Bonchev–Trinajstić information content (AvgIpc) is 2.19. The summed E-state index contributed by atoms with van der Waals surface area (Å²) in [5, 5.41) is 8.69. The Hall–Kier alpha value is -2.17. The third-order valence-corrected chi connectivity index (χ3v) is 2.04. The zero-order chi connectivity index (χ0) is 11.0. The Kier molecular flexibility index (Phi) is 2.00. The molecule has 0 saturated heterocycles. The highest BCUT2D eigenvalue weighted by Crippen LogP contribution is 2.04. The van der Waals surface area contributed by atoms with E-state index in [-0.39, 0.29) is 5.56 Å². The van der Waals surface area contributed by atoms with Crippen LogP contribution in [0, 0.1) is 5.82 Å². The van der Waals surface area contributed by atoms with Crippen LogP contribution in [0.1, 0.15) is 10.4 Å². The van der Waals surface area contributed by atoms with Crippen molar-refractivity contribution in [2.75, 3.05) is 0 Å². The molecule has 0 unspecified atom stereocenters. The lowest BCUT2D eigenvalue weighted by Gasteiger charge is -2.01. The second-order valence-electron chi connectivity index (χ2n) is 3.00. The molecule has 76 valence electrons. The van der Waals surface area contributed by atoms with Crippen LogP contribution in [0.25, 0.3) is 5.52 Å². The minimum absolute atomic E-state index is 0.377. The number of aromatic carboxylic acids is 1. The lowest BCUT2D eigenvalue weighted by molar-refractivity contribution is 0.0695. The molecule has 15 heavy (non-hydrogen) atoms. The predicted molar refractivity (Wildman–Crippen MR) is 50.6 cm³/mol. The number of aromatic nitrogens is 1. The molecule has 4 nitrogen and oxygen atoms in total. The van der Waals surface area contributed by atoms with Crippen molar-refractivity contribution >= 4 is 11.5 Å². The quantitative estimate of drug-likeness (QED) is 0.762. The Morgan fingerprint density at radius 3 is 2.60 bits per heavy atom. The Morgan fingerprint density at radius 2 is 1.93 bits per heavy atom. The molecule has 0 bridgehead atoms. The zero-order valence-electron chi connectivity index (χ0n) is 7.48. The number of hydrogen-bond donors (Lipinski definition) is 1. The van der Waals surface area contributed by atoms with Crippen molar-refractivity contribution in [1.82, 2.24) is 4.40 Å². The molecule has 0 aliphatic heterocycles. The number of pyridine rings is 2. The summed E-state index contributed by atoms with van der Waals surface area (Å²) in [7, 11) is 0. The highest BCUT2D eigenvalue weighted by Gasteiger charge is 2.10. The SMILES string of the molecule is O=C(O)c1ccc2ccc(F)cn2c1=O. The molecule has 0 aliphatic rings. The van der Waals surface area contributed by atoms with E-state index in [4.69, 9.17) is 5.11 Å². The van der Waals surface area contributed by atoms with Crippen LogP contribution >= 0.6 is 0 Å². The van der Waals surface area contributed by atoms with Gasteiger partial charge in [-0.05, 0) is 24.3 Å². The van der Waals surface area contributed by atoms with Crippen molar-refractivity contribution < 1.29 is 14.3 Å². The first-order valence-corrected chi connectivity index (χ1v) is 4.14. The van der Waals surface area contributed by atoms with E-state index < -0.39 is 17.3 Å². The van der Waals surface area contributed by atoms with Crippen LogP contribution < -0.4 is 5.56 Å². The maximum absolute atomic E-state index is 12.8. The van der Waals surface area contributed by atoms with Gasteiger partial charge in [0.15, 0.2) is 0 Å². The minimum atomic E-state index is -1.32. The Balaban J connectivity index is 2.89. The number of carbonyl (C=O) groups is 1. The van der Waals surface area contributed by atoms with Crippen molar-refractivity contribution in [3.63, 3.8) is 0 Å². The van der Waals surface area contributed by atoms with Crippen LogP contribution in [0.5, 0.6) is 0 Å². The average molecular weight is 207 g/mol. The summed E-state index contributed by atoms with van der Waals surface area (Å²) in [6, 6.07) is 5.26. The molecule has 2 aromatic rings. The lowest BCUT2D eigenvalue weighted by atomic mass is 10.2. The number of carboxylic acids is 1. The van der Waals surface area contributed by atoms with Gasteiger partial charge in [0, 0.05) is 11.7 Å². The molecule has 0 radical (unpaired) electrons. The van der Waals surface area contributed by atoms with Crippen molar-refractivity contribution in [1.29, 1.82) is 0 Å². The fraction of sp³-hybridized carbons (Fsp3) is 0. The van der Waals surface area contributed by atoms with Crippen LogP contribution in [-0.2, 0) is 0 Å². The summed E-state index contributed by atoms with van der Waals surface area (Å²) in [5.74, 6) is -1.91. The molecule has 0 aromatic carbocycles. The van der Waals surface area contributed by atoms with Crippen LogP contribution in [-0.4, -0.2) is 15.5 Å². The van der Waals surface area contributed by atoms with E-state index in [0.29, 0.717) is 5.52 Å². The van der Waals surface area contributed by atoms with Gasteiger partial charge in [-0.2, -0.15) is 0 Å². The second kappa shape index (κ2) is 3.20. The number of hydrogen-bond acceptors (Lipinski definition) is 2. The Morgan fingerprint density at radius 1 is 1.27 bits per heavy atom. The van der Waals surface area contributed by atoms with Gasteiger partial charge < -0.3 is 5.11 Å². The molecule has 0 aliphatic carbocycles. The molecule has 0 atom stereocenters. The topological polar surface area (TPSA) is 58.8 Å². The largest absolute Gasteiger partial charge is 0.477 e. The summed E-state index contributed by atoms with van der Waals surface area (Å²) >= 11 is 0. The molecule has 1 N–H and O–H groups in total. The zero-order valence-corrected chi connectivity index (χ0v) is 7.48. The molecule has 0 spiro atoms. The standard InChI is InChI=1S/C10H6FNO3/c11-6-1-2-7-3-4-8(10(14)15)9(13)12(7)5-6/h1-5H,(H,14,15). The highest BCUT2D eigenvalue weighted by atomic mass is 19.1. The Bertz CT molecular complexity index is 603. The molecule has 2 rings (SSSR count). The summed E-state index contributed by atoms with van der Waals surface area (Å²) in [6.45, 7) is 0. The minimum Gasteiger partial charge on any atom is -0.477 e. The first kappa shape index (κ1) is 9.39. The first-order chi connectivity index (χ1) is 7.09. The maximum atomic E-state index is 12.8. The van der Waals surface area contributed by atoms with Crippen molar-refractivity contribution in [3.05, 3.63) is 52.2 Å². The summed E-state index contributed by atoms with van der Waals surface area (Å²) in [5.41, 5.74) is -0.663. The van der Waals surface area contributed by atoms with Gasteiger partial charge in [0.1, 0.15) is 11.4 Å². The fourth-order valence-corrected chi connectivity index (χ4v) is 1.33. The van der Waals surface area contributed by atoms with E-state index in [1.807, 2.05) is 0 Å². The monoisotopic (exact) mass is 207 g/mol. The predicted octanol–water partition coefficient (Wildman–Crippen LogP) is 1.14. The third-order valence-electron chi connectivity index (χ3n) is 2.04. The molecule has 0 amide bonds. The van der Waals surface area contributed by atoms with E-state index in [1.54, 1.807) is 0 Å². The summed E-state index contributed by atoms with van der Waals surface area (Å²) < 4.78 is 13.8. The molecule has 2 heterocycles. The van der Waals surface area contributed by atoms with Gasteiger partial charge in [-0.25, -0.2) is 9.18 Å². The molecular formula is C10H6FNO3. The molecule has 0 fully saturated rings. The van der Waals surface area contributed by atoms with Crippen molar-refractivity contribution in [3.8, 4) is 0 Å². The molecule has 0 saturated carbocycles. The van der Waals surface area contributed by atoms with E-state index in [1.165, 1.54) is 24.3 Å². The third kappa shape index (κ3) is 1.48. The number of halogens is 1. The number of nitrogens with zero attached hydrogens (tertiary/aromatic N) is 1.